The van der Waals surface area contributed by atoms with E-state index in [0.717, 1.165) is 32.7 Å². The number of carbonyl (C=O) groups excluding carboxylic acids is 1. The Morgan fingerprint density at radius 2 is 2.12 bits per heavy atom. The SMILES string of the molecule is O=C(CS)N1CCN(Cc2cccs2)CC1. The highest BCUT2D eigenvalue weighted by Crippen LogP contribution is 2.13. The average molecular weight is 256 g/mol. The molecule has 0 radical (unpaired) electrons. The van der Waals surface area contributed by atoms with E-state index in [0.29, 0.717) is 5.75 Å². The van der Waals surface area contributed by atoms with Crippen LogP contribution >= 0.6 is 24.0 Å². The lowest BCUT2D eigenvalue weighted by molar-refractivity contribution is -0.130. The number of hydrogen-bond acceptors (Lipinski definition) is 4. The van der Waals surface area contributed by atoms with Crippen LogP contribution in [0, 0.1) is 0 Å². The van der Waals surface area contributed by atoms with E-state index in [1.54, 1.807) is 11.3 Å². The van der Waals surface area contributed by atoms with Crippen molar-refractivity contribution in [3.8, 4) is 0 Å². The van der Waals surface area contributed by atoms with Gasteiger partial charge in [0.2, 0.25) is 5.91 Å². The molecule has 1 fully saturated rings. The molecule has 1 aliphatic rings. The van der Waals surface area contributed by atoms with Gasteiger partial charge >= 0.3 is 0 Å². The molecule has 88 valence electrons. The third-order valence-corrected chi connectivity index (χ3v) is 3.95. The lowest BCUT2D eigenvalue weighted by Gasteiger charge is -2.34. The summed E-state index contributed by atoms with van der Waals surface area (Å²) >= 11 is 5.81. The summed E-state index contributed by atoms with van der Waals surface area (Å²) in [7, 11) is 0. The van der Waals surface area contributed by atoms with Crippen LogP contribution in [0.25, 0.3) is 0 Å². The van der Waals surface area contributed by atoms with E-state index in [-0.39, 0.29) is 5.91 Å². The van der Waals surface area contributed by atoms with Crippen LogP contribution in [0.2, 0.25) is 0 Å². The van der Waals surface area contributed by atoms with Crippen molar-refractivity contribution in [2.45, 2.75) is 6.54 Å². The number of rotatable bonds is 3. The zero-order valence-corrected chi connectivity index (χ0v) is 10.8. The van der Waals surface area contributed by atoms with E-state index in [9.17, 15) is 4.79 Å². The van der Waals surface area contributed by atoms with Crippen LogP contribution in [0.5, 0.6) is 0 Å². The first-order valence-corrected chi connectivity index (χ1v) is 6.94. The van der Waals surface area contributed by atoms with Gasteiger partial charge in [-0.05, 0) is 11.4 Å². The van der Waals surface area contributed by atoms with Gasteiger partial charge in [0.05, 0.1) is 5.75 Å². The summed E-state index contributed by atoms with van der Waals surface area (Å²) in [6.07, 6.45) is 0. The van der Waals surface area contributed by atoms with Gasteiger partial charge < -0.3 is 4.90 Å². The Hall–Kier alpha value is -0.520. The van der Waals surface area contributed by atoms with Gasteiger partial charge in [-0.3, -0.25) is 9.69 Å². The third kappa shape index (κ3) is 2.99. The lowest BCUT2D eigenvalue weighted by Crippen LogP contribution is -2.48. The molecule has 0 aromatic carbocycles. The molecule has 0 saturated carbocycles. The molecule has 1 aliphatic heterocycles. The fraction of sp³-hybridized carbons (Fsp3) is 0.545. The van der Waals surface area contributed by atoms with E-state index < -0.39 is 0 Å². The molecule has 1 aromatic rings. The van der Waals surface area contributed by atoms with E-state index >= 15 is 0 Å². The van der Waals surface area contributed by atoms with Crippen molar-refractivity contribution >= 4 is 29.9 Å². The summed E-state index contributed by atoms with van der Waals surface area (Å²) in [5, 5.41) is 2.11. The van der Waals surface area contributed by atoms with Gasteiger partial charge in [-0.25, -0.2) is 0 Å². The van der Waals surface area contributed by atoms with E-state index in [4.69, 9.17) is 0 Å². The van der Waals surface area contributed by atoms with Crippen molar-refractivity contribution in [1.29, 1.82) is 0 Å². The third-order valence-electron chi connectivity index (χ3n) is 2.82. The molecule has 0 atom stereocenters. The molecule has 0 unspecified atom stereocenters. The molecule has 16 heavy (non-hydrogen) atoms. The second-order valence-electron chi connectivity index (χ2n) is 3.89. The summed E-state index contributed by atoms with van der Waals surface area (Å²) in [5.74, 6) is 0.476. The Kier molecular flexibility index (Phi) is 4.26. The molecule has 2 heterocycles. The van der Waals surface area contributed by atoms with Gasteiger partial charge in [0.1, 0.15) is 0 Å². The highest BCUT2D eigenvalue weighted by atomic mass is 32.1. The molecule has 0 N–H and O–H groups in total. The fourth-order valence-electron chi connectivity index (χ4n) is 1.88. The Bertz CT molecular complexity index is 332. The maximum absolute atomic E-state index is 11.4. The second-order valence-corrected chi connectivity index (χ2v) is 5.24. The minimum absolute atomic E-state index is 0.152. The van der Waals surface area contributed by atoms with Crippen LogP contribution in [-0.2, 0) is 11.3 Å². The second kappa shape index (κ2) is 5.70. The molecule has 0 aliphatic carbocycles. The molecule has 1 amide bonds. The van der Waals surface area contributed by atoms with E-state index in [1.807, 2.05) is 4.90 Å². The summed E-state index contributed by atoms with van der Waals surface area (Å²) in [4.78, 5) is 17.1. The predicted octanol–water partition coefficient (Wildman–Crippen LogP) is 1.32. The van der Waals surface area contributed by atoms with Crippen molar-refractivity contribution in [3.05, 3.63) is 22.4 Å². The fourth-order valence-corrected chi connectivity index (χ4v) is 2.82. The van der Waals surface area contributed by atoms with Crippen LogP contribution in [-0.4, -0.2) is 47.6 Å². The molecule has 0 spiro atoms. The Labute approximate surface area is 105 Å². The number of piperazine rings is 1. The van der Waals surface area contributed by atoms with Gasteiger partial charge in [-0.1, -0.05) is 6.07 Å². The van der Waals surface area contributed by atoms with Gasteiger partial charge in [0, 0.05) is 37.6 Å². The van der Waals surface area contributed by atoms with Crippen molar-refractivity contribution in [1.82, 2.24) is 9.80 Å². The molecule has 0 bridgehead atoms. The quantitative estimate of drug-likeness (QED) is 0.825. The van der Waals surface area contributed by atoms with Crippen LogP contribution < -0.4 is 0 Å². The van der Waals surface area contributed by atoms with Crippen molar-refractivity contribution in [3.63, 3.8) is 0 Å². The van der Waals surface area contributed by atoms with Crippen molar-refractivity contribution < 1.29 is 4.79 Å². The minimum atomic E-state index is 0.152. The van der Waals surface area contributed by atoms with Crippen LogP contribution in [0.1, 0.15) is 4.88 Å². The van der Waals surface area contributed by atoms with Gasteiger partial charge in [0.25, 0.3) is 0 Å². The standard InChI is InChI=1S/C11H16N2OS2/c14-11(9-15)13-5-3-12(4-6-13)8-10-2-1-7-16-10/h1-2,7,15H,3-6,8-9H2. The topological polar surface area (TPSA) is 23.6 Å². The molecule has 5 heteroatoms. The zero-order valence-electron chi connectivity index (χ0n) is 9.13. The maximum atomic E-state index is 11.4. The first kappa shape index (κ1) is 12.0. The first-order valence-electron chi connectivity index (χ1n) is 5.43. The number of nitrogens with zero attached hydrogens (tertiary/aromatic N) is 2. The molecular weight excluding hydrogens is 240 g/mol. The number of carbonyl (C=O) groups is 1. The number of thiol groups is 1. The molecule has 3 nitrogen and oxygen atoms in total. The molecular formula is C11H16N2OS2. The first-order chi connectivity index (χ1) is 7.79. The number of thiophene rings is 1. The van der Waals surface area contributed by atoms with E-state index in [1.165, 1.54) is 4.88 Å². The normalized spacial score (nSPS) is 17.7. The number of hydrogen-bond donors (Lipinski definition) is 1. The van der Waals surface area contributed by atoms with Crippen LogP contribution in [0.3, 0.4) is 0 Å². The Morgan fingerprint density at radius 1 is 1.38 bits per heavy atom. The van der Waals surface area contributed by atoms with Crippen LogP contribution in [0.15, 0.2) is 17.5 Å². The molecule has 2 rings (SSSR count). The van der Waals surface area contributed by atoms with E-state index in [2.05, 4.69) is 35.0 Å². The van der Waals surface area contributed by atoms with Crippen molar-refractivity contribution in [2.24, 2.45) is 0 Å². The smallest absolute Gasteiger partial charge is 0.232 e. The monoisotopic (exact) mass is 256 g/mol. The average Bonchev–Trinajstić information content (AvgIpc) is 2.82. The van der Waals surface area contributed by atoms with Crippen LogP contribution in [0.4, 0.5) is 0 Å². The summed E-state index contributed by atoms with van der Waals surface area (Å²) in [5.41, 5.74) is 0. The highest BCUT2D eigenvalue weighted by Gasteiger charge is 2.19. The van der Waals surface area contributed by atoms with Gasteiger partial charge in [-0.2, -0.15) is 12.6 Å². The largest absolute Gasteiger partial charge is 0.339 e. The van der Waals surface area contributed by atoms with Crippen molar-refractivity contribution in [2.75, 3.05) is 31.9 Å². The van der Waals surface area contributed by atoms with Gasteiger partial charge in [-0.15, -0.1) is 11.3 Å². The minimum Gasteiger partial charge on any atom is -0.339 e. The Morgan fingerprint density at radius 3 is 2.69 bits per heavy atom. The summed E-state index contributed by atoms with van der Waals surface area (Å²) in [6.45, 7) is 4.63. The highest BCUT2D eigenvalue weighted by molar-refractivity contribution is 7.81. The summed E-state index contributed by atoms with van der Waals surface area (Å²) < 4.78 is 0. The molecule has 1 aromatic heterocycles. The summed E-state index contributed by atoms with van der Waals surface area (Å²) in [6, 6.07) is 4.25. The Balaban J connectivity index is 1.79. The predicted molar refractivity (Wildman–Crippen MR) is 70.0 cm³/mol. The zero-order chi connectivity index (χ0) is 11.4. The van der Waals surface area contributed by atoms with Gasteiger partial charge in [0.15, 0.2) is 0 Å². The lowest BCUT2D eigenvalue weighted by atomic mass is 10.3. The molecule has 1 saturated heterocycles. The number of amides is 1. The maximum Gasteiger partial charge on any atom is 0.232 e.